The van der Waals surface area contributed by atoms with Crippen molar-refractivity contribution in [3.05, 3.63) is 34.3 Å². The van der Waals surface area contributed by atoms with Gasteiger partial charge in [0.1, 0.15) is 0 Å². The summed E-state index contributed by atoms with van der Waals surface area (Å²) in [5, 5.41) is 8.49. The van der Waals surface area contributed by atoms with Gasteiger partial charge >= 0.3 is 12.1 Å². The molecule has 1 aromatic carbocycles. The van der Waals surface area contributed by atoms with Crippen LogP contribution in [0.15, 0.2) is 18.2 Å². The number of hydrogen-bond acceptors (Lipinski definition) is 1. The second-order valence-corrected chi connectivity index (χ2v) is 4.07. The minimum absolute atomic E-state index is 0.0615. The fourth-order valence-electron chi connectivity index (χ4n) is 1.64. The molecule has 0 heterocycles. The Hall–Kier alpha value is -1.23. The van der Waals surface area contributed by atoms with E-state index in [1.165, 1.54) is 25.1 Å². The van der Waals surface area contributed by atoms with Crippen molar-refractivity contribution < 1.29 is 23.1 Å². The van der Waals surface area contributed by atoms with Crippen LogP contribution in [0.5, 0.6) is 0 Å². The van der Waals surface area contributed by atoms with E-state index in [0.717, 1.165) is 0 Å². The number of carboxylic acids is 1. The van der Waals surface area contributed by atoms with Crippen LogP contribution in [0.4, 0.5) is 13.2 Å². The van der Waals surface area contributed by atoms with Crippen molar-refractivity contribution in [2.24, 2.45) is 0 Å². The molecular weight excluding hydrogens is 257 g/mol. The summed E-state index contributed by atoms with van der Waals surface area (Å²) in [4.78, 5) is 10.5. The predicted octanol–water partition coefficient (Wildman–Crippen LogP) is 3.77. The Labute approximate surface area is 101 Å². The van der Waals surface area contributed by atoms with E-state index in [1.807, 2.05) is 0 Å². The summed E-state index contributed by atoms with van der Waals surface area (Å²) in [6.45, 7) is 1.47. The molecule has 1 rings (SSSR count). The van der Waals surface area contributed by atoms with Gasteiger partial charge in [0.15, 0.2) is 0 Å². The molecule has 0 saturated heterocycles. The highest BCUT2D eigenvalue weighted by Gasteiger charge is 2.43. The molecule has 0 aliphatic rings. The van der Waals surface area contributed by atoms with Crippen molar-refractivity contribution in [1.29, 1.82) is 0 Å². The van der Waals surface area contributed by atoms with E-state index in [4.69, 9.17) is 16.7 Å². The lowest BCUT2D eigenvalue weighted by molar-refractivity contribution is -0.163. The van der Waals surface area contributed by atoms with E-state index in [-0.39, 0.29) is 10.6 Å². The zero-order chi connectivity index (χ0) is 13.2. The smallest absolute Gasteiger partial charge is 0.396 e. The highest BCUT2D eigenvalue weighted by atomic mass is 35.5. The van der Waals surface area contributed by atoms with Crippen molar-refractivity contribution in [3.8, 4) is 0 Å². The highest BCUT2D eigenvalue weighted by Crippen LogP contribution is 2.41. The van der Waals surface area contributed by atoms with E-state index in [0.29, 0.717) is 5.56 Å². The molecule has 0 saturated carbocycles. The van der Waals surface area contributed by atoms with Gasteiger partial charge in [0.25, 0.3) is 0 Å². The van der Waals surface area contributed by atoms with Gasteiger partial charge in [0.2, 0.25) is 0 Å². The molecule has 1 unspecified atom stereocenters. The predicted molar refractivity (Wildman–Crippen MR) is 57.2 cm³/mol. The Morgan fingerprint density at radius 1 is 1.47 bits per heavy atom. The van der Waals surface area contributed by atoms with Gasteiger partial charge in [-0.1, -0.05) is 23.7 Å². The van der Waals surface area contributed by atoms with E-state index in [9.17, 15) is 18.0 Å². The standard InChI is InChI=1S/C11H10ClF3O2/c1-6-3-2-4-8(12)10(6)7(5-9(16)17)11(13,14)15/h2-4,7H,5H2,1H3,(H,16,17). The lowest BCUT2D eigenvalue weighted by Gasteiger charge is -2.21. The summed E-state index contributed by atoms with van der Waals surface area (Å²) in [6, 6.07) is 4.32. The number of rotatable bonds is 3. The summed E-state index contributed by atoms with van der Waals surface area (Å²) in [7, 11) is 0. The normalized spacial score (nSPS) is 13.5. The third-order valence-electron chi connectivity index (χ3n) is 2.39. The molecule has 94 valence electrons. The van der Waals surface area contributed by atoms with Gasteiger partial charge in [-0.3, -0.25) is 4.79 Å². The fourth-order valence-corrected chi connectivity index (χ4v) is 2.00. The Bertz CT molecular complexity index is 409. The molecule has 1 atom stereocenters. The maximum Gasteiger partial charge on any atom is 0.396 e. The number of carbonyl (C=O) groups is 1. The number of carboxylic acid groups (broad SMARTS) is 1. The monoisotopic (exact) mass is 266 g/mol. The van der Waals surface area contributed by atoms with Crippen molar-refractivity contribution in [1.82, 2.24) is 0 Å². The Kier molecular flexibility index (Phi) is 4.03. The van der Waals surface area contributed by atoms with E-state index in [2.05, 4.69) is 0 Å². The van der Waals surface area contributed by atoms with Crippen LogP contribution >= 0.6 is 11.6 Å². The average molecular weight is 267 g/mol. The van der Waals surface area contributed by atoms with Crippen LogP contribution in [0.25, 0.3) is 0 Å². The highest BCUT2D eigenvalue weighted by molar-refractivity contribution is 6.31. The van der Waals surface area contributed by atoms with E-state index < -0.39 is 24.5 Å². The van der Waals surface area contributed by atoms with E-state index >= 15 is 0 Å². The summed E-state index contributed by atoms with van der Waals surface area (Å²) in [5.41, 5.74) is 0.171. The van der Waals surface area contributed by atoms with Gasteiger partial charge in [-0.05, 0) is 24.1 Å². The zero-order valence-corrected chi connectivity index (χ0v) is 9.64. The number of alkyl halides is 3. The molecule has 0 aromatic heterocycles. The Morgan fingerprint density at radius 3 is 2.47 bits per heavy atom. The number of aliphatic carboxylic acids is 1. The number of aryl methyl sites for hydroxylation is 1. The maximum atomic E-state index is 12.8. The largest absolute Gasteiger partial charge is 0.481 e. The molecule has 0 aliphatic carbocycles. The third kappa shape index (κ3) is 3.36. The average Bonchev–Trinajstić information content (AvgIpc) is 2.13. The van der Waals surface area contributed by atoms with Crippen LogP contribution in [-0.4, -0.2) is 17.3 Å². The minimum atomic E-state index is -4.63. The number of hydrogen-bond donors (Lipinski definition) is 1. The first-order valence-electron chi connectivity index (χ1n) is 4.77. The first-order chi connectivity index (χ1) is 7.73. The number of halogens is 4. The zero-order valence-electron chi connectivity index (χ0n) is 8.88. The van der Waals surface area contributed by atoms with Gasteiger partial charge in [-0.15, -0.1) is 0 Å². The van der Waals surface area contributed by atoms with Crippen molar-refractivity contribution in [2.75, 3.05) is 0 Å². The van der Waals surface area contributed by atoms with Crippen LogP contribution in [0.3, 0.4) is 0 Å². The molecule has 1 N–H and O–H groups in total. The topological polar surface area (TPSA) is 37.3 Å². The third-order valence-corrected chi connectivity index (χ3v) is 2.72. The second kappa shape index (κ2) is 4.96. The SMILES string of the molecule is Cc1cccc(Cl)c1C(CC(=O)O)C(F)(F)F. The Morgan fingerprint density at radius 2 is 2.06 bits per heavy atom. The first-order valence-corrected chi connectivity index (χ1v) is 5.14. The molecule has 0 bridgehead atoms. The first kappa shape index (κ1) is 13.8. The summed E-state index contributed by atoms with van der Waals surface area (Å²) >= 11 is 5.72. The summed E-state index contributed by atoms with van der Waals surface area (Å²) in [6.07, 6.45) is -5.65. The minimum Gasteiger partial charge on any atom is -0.481 e. The maximum absolute atomic E-state index is 12.8. The molecule has 0 fully saturated rings. The van der Waals surface area contributed by atoms with Crippen molar-refractivity contribution in [2.45, 2.75) is 25.4 Å². The molecular formula is C11H10ClF3O2. The van der Waals surface area contributed by atoms with Gasteiger partial charge in [-0.25, -0.2) is 0 Å². The molecule has 1 aromatic rings. The molecule has 0 spiro atoms. The summed E-state index contributed by atoms with van der Waals surface area (Å²) in [5.74, 6) is -3.58. The van der Waals surface area contributed by atoms with Crippen LogP contribution < -0.4 is 0 Å². The number of benzene rings is 1. The van der Waals surface area contributed by atoms with Crippen molar-refractivity contribution in [3.63, 3.8) is 0 Å². The molecule has 6 heteroatoms. The van der Waals surface area contributed by atoms with Gasteiger partial charge < -0.3 is 5.11 Å². The fraction of sp³-hybridized carbons (Fsp3) is 0.364. The Balaban J connectivity index is 3.27. The van der Waals surface area contributed by atoms with Crippen LogP contribution in [0.2, 0.25) is 5.02 Å². The van der Waals surface area contributed by atoms with Gasteiger partial charge in [-0.2, -0.15) is 13.2 Å². The van der Waals surface area contributed by atoms with Crippen molar-refractivity contribution >= 4 is 17.6 Å². The van der Waals surface area contributed by atoms with Crippen LogP contribution in [0, 0.1) is 6.92 Å². The summed E-state index contributed by atoms with van der Waals surface area (Å²) < 4.78 is 38.4. The molecule has 0 amide bonds. The molecule has 2 nitrogen and oxygen atoms in total. The van der Waals surface area contributed by atoms with Gasteiger partial charge in [0.05, 0.1) is 12.3 Å². The molecule has 0 radical (unpaired) electrons. The van der Waals surface area contributed by atoms with Gasteiger partial charge in [0, 0.05) is 5.02 Å². The van der Waals surface area contributed by atoms with Crippen LogP contribution in [-0.2, 0) is 4.79 Å². The van der Waals surface area contributed by atoms with E-state index in [1.54, 1.807) is 0 Å². The molecule has 0 aliphatic heterocycles. The quantitative estimate of drug-likeness (QED) is 0.904. The lowest BCUT2D eigenvalue weighted by Crippen LogP contribution is -2.24. The molecule has 17 heavy (non-hydrogen) atoms. The second-order valence-electron chi connectivity index (χ2n) is 3.66. The van der Waals surface area contributed by atoms with Crippen LogP contribution in [0.1, 0.15) is 23.5 Å². The lowest BCUT2D eigenvalue weighted by atomic mass is 9.91.